The van der Waals surface area contributed by atoms with Gasteiger partial charge >= 0.3 is 0 Å². The van der Waals surface area contributed by atoms with E-state index >= 15 is 0 Å². The number of amides is 2. The zero-order valence-corrected chi connectivity index (χ0v) is 16.3. The highest BCUT2D eigenvalue weighted by atomic mass is 35.5. The average Bonchev–Trinajstić information content (AvgIpc) is 2.59. The molecular formula is C19H20Cl2N2O3. The summed E-state index contributed by atoms with van der Waals surface area (Å²) in [4.78, 5) is 25.7. The maximum absolute atomic E-state index is 12.2. The van der Waals surface area contributed by atoms with Crippen LogP contribution in [-0.4, -0.2) is 36.9 Å². The van der Waals surface area contributed by atoms with Crippen LogP contribution in [0.25, 0.3) is 0 Å². The van der Waals surface area contributed by atoms with Gasteiger partial charge in [-0.3, -0.25) is 9.59 Å². The van der Waals surface area contributed by atoms with Gasteiger partial charge in [0.15, 0.2) is 6.61 Å². The first-order valence-corrected chi connectivity index (χ1v) is 8.71. The summed E-state index contributed by atoms with van der Waals surface area (Å²) in [6.07, 6.45) is 0. The van der Waals surface area contributed by atoms with E-state index in [1.807, 2.05) is 32.0 Å². The molecule has 0 spiro atoms. The molecule has 2 amide bonds. The number of para-hydroxylation sites is 1. The van der Waals surface area contributed by atoms with Gasteiger partial charge in [0.2, 0.25) is 5.91 Å². The molecule has 26 heavy (non-hydrogen) atoms. The molecule has 0 heterocycles. The number of benzene rings is 2. The number of hydrogen-bond donors (Lipinski definition) is 1. The zero-order valence-electron chi connectivity index (χ0n) is 14.8. The highest BCUT2D eigenvalue weighted by Crippen LogP contribution is 2.26. The van der Waals surface area contributed by atoms with Gasteiger partial charge in [-0.1, -0.05) is 41.4 Å². The number of aryl methyl sites for hydroxylation is 2. The van der Waals surface area contributed by atoms with Crippen LogP contribution in [0.15, 0.2) is 36.4 Å². The Balaban J connectivity index is 1.88. The van der Waals surface area contributed by atoms with Gasteiger partial charge < -0.3 is 15.0 Å². The number of nitrogens with one attached hydrogen (secondary N) is 1. The van der Waals surface area contributed by atoms with E-state index in [-0.39, 0.29) is 25.0 Å². The van der Waals surface area contributed by atoms with Crippen molar-refractivity contribution in [2.24, 2.45) is 0 Å². The van der Waals surface area contributed by atoms with E-state index in [0.717, 1.165) is 16.8 Å². The number of nitrogens with zero attached hydrogens (tertiary/aromatic N) is 1. The van der Waals surface area contributed by atoms with E-state index in [4.69, 9.17) is 27.9 Å². The molecule has 0 radical (unpaired) electrons. The van der Waals surface area contributed by atoms with Crippen LogP contribution in [0.4, 0.5) is 5.69 Å². The molecule has 0 aliphatic carbocycles. The number of likely N-dealkylation sites (N-methyl/N-ethyl adjacent to an activating group) is 1. The lowest BCUT2D eigenvalue weighted by molar-refractivity contribution is -0.135. The van der Waals surface area contributed by atoms with Gasteiger partial charge in [0.1, 0.15) is 5.75 Å². The molecule has 0 aliphatic rings. The van der Waals surface area contributed by atoms with Gasteiger partial charge in [0.25, 0.3) is 5.91 Å². The SMILES string of the molecule is Cc1cccc(C)c1NC(=O)CN(C)C(=O)COc1ccc(Cl)c(Cl)c1. The molecule has 0 unspecified atom stereocenters. The molecule has 0 saturated carbocycles. The molecule has 2 rings (SSSR count). The van der Waals surface area contributed by atoms with Crippen LogP contribution in [0, 0.1) is 13.8 Å². The number of carbonyl (C=O) groups is 2. The summed E-state index contributed by atoms with van der Waals surface area (Å²) in [5.74, 6) is -0.165. The van der Waals surface area contributed by atoms with E-state index in [1.165, 1.54) is 11.0 Å². The molecule has 0 aliphatic heterocycles. The molecule has 5 nitrogen and oxygen atoms in total. The highest BCUT2D eigenvalue weighted by molar-refractivity contribution is 6.42. The maximum atomic E-state index is 12.2. The molecule has 0 aromatic heterocycles. The number of rotatable bonds is 6. The molecular weight excluding hydrogens is 375 g/mol. The average molecular weight is 395 g/mol. The molecule has 0 bridgehead atoms. The Hall–Kier alpha value is -2.24. The van der Waals surface area contributed by atoms with E-state index in [9.17, 15) is 9.59 Å². The van der Waals surface area contributed by atoms with Crippen molar-refractivity contribution in [3.8, 4) is 5.75 Å². The fraction of sp³-hybridized carbons (Fsp3) is 0.263. The normalized spacial score (nSPS) is 10.3. The first-order chi connectivity index (χ1) is 12.3. The standard InChI is InChI=1S/C19H20Cl2N2O3/c1-12-5-4-6-13(2)19(12)22-17(24)10-23(3)18(25)11-26-14-7-8-15(20)16(21)9-14/h4-9H,10-11H2,1-3H3,(H,22,24). The number of carbonyl (C=O) groups excluding carboxylic acids is 2. The van der Waals surface area contributed by atoms with E-state index in [0.29, 0.717) is 15.8 Å². The van der Waals surface area contributed by atoms with Crippen LogP contribution in [0.5, 0.6) is 5.75 Å². The van der Waals surface area contributed by atoms with E-state index < -0.39 is 0 Å². The Bertz CT molecular complexity index is 804. The Morgan fingerprint density at radius 3 is 2.35 bits per heavy atom. The van der Waals surface area contributed by atoms with Crippen molar-refractivity contribution >= 4 is 40.7 Å². The van der Waals surface area contributed by atoms with Crippen LogP contribution >= 0.6 is 23.2 Å². The number of hydrogen-bond acceptors (Lipinski definition) is 3. The van der Waals surface area contributed by atoms with E-state index in [2.05, 4.69) is 5.32 Å². The van der Waals surface area contributed by atoms with Gasteiger partial charge in [0.05, 0.1) is 16.6 Å². The van der Waals surface area contributed by atoms with Crippen molar-refractivity contribution in [2.75, 3.05) is 25.5 Å². The Labute approximate surface area is 162 Å². The van der Waals surface area contributed by atoms with Crippen molar-refractivity contribution in [1.82, 2.24) is 4.90 Å². The molecule has 0 saturated heterocycles. The van der Waals surface area contributed by atoms with Gasteiger partial charge in [-0.05, 0) is 37.1 Å². The molecule has 0 atom stereocenters. The minimum atomic E-state index is -0.326. The monoisotopic (exact) mass is 394 g/mol. The maximum Gasteiger partial charge on any atom is 0.260 e. The summed E-state index contributed by atoms with van der Waals surface area (Å²) in [5, 5.41) is 3.60. The quantitative estimate of drug-likeness (QED) is 0.802. The summed E-state index contributed by atoms with van der Waals surface area (Å²) in [5.41, 5.74) is 2.70. The van der Waals surface area contributed by atoms with Crippen LogP contribution in [0.3, 0.4) is 0 Å². The third kappa shape index (κ3) is 5.38. The lowest BCUT2D eigenvalue weighted by atomic mass is 10.1. The fourth-order valence-electron chi connectivity index (χ4n) is 2.32. The van der Waals surface area contributed by atoms with Crippen LogP contribution in [0.1, 0.15) is 11.1 Å². The second-order valence-electron chi connectivity index (χ2n) is 5.93. The Morgan fingerprint density at radius 1 is 1.08 bits per heavy atom. The Morgan fingerprint density at radius 2 is 1.73 bits per heavy atom. The summed E-state index contributed by atoms with van der Waals surface area (Å²) in [6, 6.07) is 10.5. The smallest absolute Gasteiger partial charge is 0.260 e. The third-order valence-corrected chi connectivity index (χ3v) is 4.54. The van der Waals surface area contributed by atoms with Crippen molar-refractivity contribution in [3.05, 3.63) is 57.6 Å². The largest absolute Gasteiger partial charge is 0.484 e. The van der Waals surface area contributed by atoms with Gasteiger partial charge in [-0.15, -0.1) is 0 Å². The number of ether oxygens (including phenoxy) is 1. The second-order valence-corrected chi connectivity index (χ2v) is 6.74. The third-order valence-electron chi connectivity index (χ3n) is 3.81. The summed E-state index contributed by atoms with van der Waals surface area (Å²) in [6.45, 7) is 3.56. The number of anilines is 1. The lowest BCUT2D eigenvalue weighted by Crippen LogP contribution is -2.37. The molecule has 0 fully saturated rings. The topological polar surface area (TPSA) is 58.6 Å². The molecule has 1 N–H and O–H groups in total. The van der Waals surface area contributed by atoms with Crippen LogP contribution < -0.4 is 10.1 Å². The van der Waals surface area contributed by atoms with Gasteiger partial charge in [-0.25, -0.2) is 0 Å². The first-order valence-electron chi connectivity index (χ1n) is 7.96. The summed E-state index contributed by atoms with van der Waals surface area (Å²) < 4.78 is 5.40. The predicted molar refractivity (Wildman–Crippen MR) is 104 cm³/mol. The minimum Gasteiger partial charge on any atom is -0.484 e. The zero-order chi connectivity index (χ0) is 19.3. The van der Waals surface area contributed by atoms with Crippen molar-refractivity contribution in [1.29, 1.82) is 0 Å². The van der Waals surface area contributed by atoms with Gasteiger partial charge in [0, 0.05) is 18.8 Å². The highest BCUT2D eigenvalue weighted by Gasteiger charge is 2.15. The summed E-state index contributed by atoms with van der Waals surface area (Å²) in [7, 11) is 1.55. The van der Waals surface area contributed by atoms with Crippen molar-refractivity contribution < 1.29 is 14.3 Å². The second kappa shape index (κ2) is 8.92. The first kappa shape index (κ1) is 20.1. The molecule has 2 aromatic rings. The predicted octanol–water partition coefficient (Wildman–Crippen LogP) is 4.09. The Kier molecular flexibility index (Phi) is 6.89. The number of halogens is 2. The van der Waals surface area contributed by atoms with Crippen LogP contribution in [-0.2, 0) is 9.59 Å². The van der Waals surface area contributed by atoms with E-state index in [1.54, 1.807) is 19.2 Å². The minimum absolute atomic E-state index is 0.0721. The van der Waals surface area contributed by atoms with Crippen molar-refractivity contribution in [2.45, 2.75) is 13.8 Å². The molecule has 2 aromatic carbocycles. The molecule has 138 valence electrons. The molecule has 7 heteroatoms. The van der Waals surface area contributed by atoms with Crippen molar-refractivity contribution in [3.63, 3.8) is 0 Å². The fourth-order valence-corrected chi connectivity index (χ4v) is 2.60. The summed E-state index contributed by atoms with van der Waals surface area (Å²) >= 11 is 11.7. The lowest BCUT2D eigenvalue weighted by Gasteiger charge is -2.18. The van der Waals surface area contributed by atoms with Crippen LogP contribution in [0.2, 0.25) is 10.0 Å². The van der Waals surface area contributed by atoms with Gasteiger partial charge in [-0.2, -0.15) is 0 Å².